The first-order valence-electron chi connectivity index (χ1n) is 9.97. The van der Waals surface area contributed by atoms with Crippen LogP contribution in [-0.4, -0.2) is 36.0 Å². The van der Waals surface area contributed by atoms with Crippen molar-refractivity contribution in [3.8, 4) is 5.75 Å². The van der Waals surface area contributed by atoms with Crippen LogP contribution in [0, 0.1) is 5.92 Å². The molecule has 0 unspecified atom stereocenters. The maximum Gasteiger partial charge on any atom is 0.258 e. The first kappa shape index (κ1) is 21.9. The smallest absolute Gasteiger partial charge is 0.258 e. The maximum absolute atomic E-state index is 12.7. The molecule has 0 radical (unpaired) electrons. The lowest BCUT2D eigenvalue weighted by Gasteiger charge is -2.21. The third-order valence-electron chi connectivity index (χ3n) is 4.51. The van der Waals surface area contributed by atoms with Crippen LogP contribution in [-0.2, 0) is 14.4 Å². The van der Waals surface area contributed by atoms with Crippen molar-refractivity contribution in [3.63, 3.8) is 0 Å². The topological polar surface area (TPSA) is 109 Å². The minimum Gasteiger partial charge on any atom is -0.494 e. The van der Waals surface area contributed by atoms with Crippen LogP contribution in [0.5, 0.6) is 5.75 Å². The predicted octanol–water partition coefficient (Wildman–Crippen LogP) is 2.94. The summed E-state index contributed by atoms with van der Waals surface area (Å²) in [5.41, 5.74) is 2.10. The van der Waals surface area contributed by atoms with Crippen LogP contribution in [0.4, 0.5) is 5.69 Å². The van der Waals surface area contributed by atoms with E-state index in [1.54, 1.807) is 24.3 Å². The molecule has 0 saturated carbocycles. The Bertz CT molecular complexity index is 1010. The number of hydrogen-bond acceptors (Lipinski definition) is 5. The molecule has 31 heavy (non-hydrogen) atoms. The van der Waals surface area contributed by atoms with Gasteiger partial charge in [-0.3, -0.25) is 19.7 Å². The zero-order chi connectivity index (χ0) is 22.2. The van der Waals surface area contributed by atoms with Crippen LogP contribution in [0.15, 0.2) is 64.6 Å². The van der Waals surface area contributed by atoms with Gasteiger partial charge in [0.2, 0.25) is 17.8 Å². The number of benzene rings is 2. The predicted molar refractivity (Wildman–Crippen MR) is 118 cm³/mol. The number of guanidine groups is 1. The molecule has 1 heterocycles. The van der Waals surface area contributed by atoms with Crippen LogP contribution in [0.3, 0.4) is 0 Å². The van der Waals surface area contributed by atoms with Crippen LogP contribution < -0.4 is 15.4 Å². The van der Waals surface area contributed by atoms with Crippen molar-refractivity contribution >= 4 is 35.1 Å². The quantitative estimate of drug-likeness (QED) is 0.671. The molecule has 8 heteroatoms. The van der Waals surface area contributed by atoms with E-state index >= 15 is 0 Å². The van der Waals surface area contributed by atoms with Crippen molar-refractivity contribution < 1.29 is 19.1 Å². The number of aliphatic imine (C=N–C) groups is 2. The zero-order valence-electron chi connectivity index (χ0n) is 17.4. The second-order valence-corrected chi connectivity index (χ2v) is 7.07. The van der Waals surface area contributed by atoms with Gasteiger partial charge in [-0.15, -0.1) is 0 Å². The molecule has 8 nitrogen and oxygen atoms in total. The van der Waals surface area contributed by atoms with Gasteiger partial charge < -0.3 is 10.1 Å². The van der Waals surface area contributed by atoms with Gasteiger partial charge in [-0.2, -0.15) is 4.99 Å². The number of hydrogen-bond donors (Lipinski definition) is 2. The Balaban J connectivity index is 1.62. The third-order valence-corrected chi connectivity index (χ3v) is 4.51. The first-order chi connectivity index (χ1) is 14.9. The number of carbonyl (C=O) groups excluding carboxylic acids is 3. The van der Waals surface area contributed by atoms with Crippen molar-refractivity contribution in [2.24, 2.45) is 15.9 Å². The summed E-state index contributed by atoms with van der Waals surface area (Å²) in [6.45, 7) is 3.21. The van der Waals surface area contributed by atoms with E-state index in [-0.39, 0.29) is 23.7 Å². The Labute approximate surface area is 180 Å². The molecule has 1 aliphatic rings. The average Bonchev–Trinajstić information content (AvgIpc) is 2.73. The van der Waals surface area contributed by atoms with Crippen molar-refractivity contribution in [2.75, 3.05) is 11.9 Å². The van der Waals surface area contributed by atoms with E-state index in [9.17, 15) is 14.4 Å². The zero-order valence-corrected chi connectivity index (χ0v) is 17.4. The molecule has 2 aromatic carbocycles. The second kappa shape index (κ2) is 10.3. The van der Waals surface area contributed by atoms with Gasteiger partial charge in [0.05, 0.1) is 18.2 Å². The molecular formula is C23H24N4O4. The molecule has 3 rings (SSSR count). The number of nitrogens with zero attached hydrogens (tertiary/aromatic N) is 2. The van der Waals surface area contributed by atoms with Gasteiger partial charge in [0.25, 0.3) is 5.91 Å². The summed E-state index contributed by atoms with van der Waals surface area (Å²) >= 11 is 0. The highest BCUT2D eigenvalue weighted by molar-refractivity contribution is 6.22. The SMILES string of the molecule is CC(=O)NC1=NC(=O)[C@@H](CCCOc2ccc(NC(C)=O)cc2)C(c2ccccc2)=N1. The highest BCUT2D eigenvalue weighted by Gasteiger charge is 2.29. The van der Waals surface area contributed by atoms with Crippen molar-refractivity contribution in [1.82, 2.24) is 5.32 Å². The van der Waals surface area contributed by atoms with Gasteiger partial charge in [-0.1, -0.05) is 30.3 Å². The second-order valence-electron chi connectivity index (χ2n) is 7.07. The van der Waals surface area contributed by atoms with E-state index in [0.717, 1.165) is 5.56 Å². The summed E-state index contributed by atoms with van der Waals surface area (Å²) in [7, 11) is 0. The molecule has 0 spiro atoms. The summed E-state index contributed by atoms with van der Waals surface area (Å²) < 4.78 is 5.75. The van der Waals surface area contributed by atoms with Crippen LogP contribution >= 0.6 is 0 Å². The minimum absolute atomic E-state index is 0.0168. The average molecular weight is 420 g/mol. The van der Waals surface area contributed by atoms with Gasteiger partial charge >= 0.3 is 0 Å². The van der Waals surface area contributed by atoms with Crippen LogP contribution in [0.2, 0.25) is 0 Å². The molecule has 2 N–H and O–H groups in total. The summed E-state index contributed by atoms with van der Waals surface area (Å²) in [6, 6.07) is 16.5. The first-order valence-corrected chi connectivity index (χ1v) is 9.97. The monoisotopic (exact) mass is 420 g/mol. The molecule has 0 saturated heterocycles. The van der Waals surface area contributed by atoms with Crippen LogP contribution in [0.1, 0.15) is 32.3 Å². The lowest BCUT2D eigenvalue weighted by Crippen LogP contribution is -2.36. The van der Waals surface area contributed by atoms with E-state index in [4.69, 9.17) is 4.74 Å². The summed E-state index contributed by atoms with van der Waals surface area (Å²) in [4.78, 5) is 43.5. The highest BCUT2D eigenvalue weighted by atomic mass is 16.5. The highest BCUT2D eigenvalue weighted by Crippen LogP contribution is 2.22. The normalized spacial score (nSPS) is 15.5. The number of nitrogens with one attached hydrogen (secondary N) is 2. The Morgan fingerprint density at radius 1 is 0.935 bits per heavy atom. The van der Waals surface area contributed by atoms with E-state index in [2.05, 4.69) is 20.6 Å². The fraction of sp³-hybridized carbons (Fsp3) is 0.261. The van der Waals surface area contributed by atoms with Crippen molar-refractivity contribution in [1.29, 1.82) is 0 Å². The summed E-state index contributed by atoms with van der Waals surface area (Å²) in [6.07, 6.45) is 1.12. The maximum atomic E-state index is 12.7. The molecule has 3 amide bonds. The van der Waals surface area contributed by atoms with E-state index in [0.29, 0.717) is 36.6 Å². The van der Waals surface area contributed by atoms with Gasteiger partial charge in [-0.05, 0) is 42.7 Å². The fourth-order valence-electron chi connectivity index (χ4n) is 3.18. The fourth-order valence-corrected chi connectivity index (χ4v) is 3.18. The molecule has 1 atom stereocenters. The number of carbonyl (C=O) groups is 3. The number of rotatable bonds is 7. The molecule has 0 fully saturated rings. The Hall–Kier alpha value is -3.81. The Kier molecular flexibility index (Phi) is 7.26. The lowest BCUT2D eigenvalue weighted by atomic mass is 9.91. The molecule has 0 bridgehead atoms. The molecule has 0 aromatic heterocycles. The van der Waals surface area contributed by atoms with E-state index in [1.165, 1.54) is 13.8 Å². The standard InChI is InChI=1S/C23H24N4O4/c1-15(28)24-18-10-12-19(13-11-18)31-14-6-9-20-21(17-7-4-3-5-8-17)26-23(25-16(2)29)27-22(20)30/h3-5,7-8,10-13,20H,6,9,14H2,1-2H3,(H,24,28)(H,25,27,29,30)/t20-/m0/s1. The molecule has 0 aliphatic carbocycles. The van der Waals surface area contributed by atoms with Gasteiger partial charge in [0, 0.05) is 19.5 Å². The van der Waals surface area contributed by atoms with E-state index < -0.39 is 5.92 Å². The molecule has 2 aromatic rings. The summed E-state index contributed by atoms with van der Waals surface area (Å²) in [5.74, 6) is -0.622. The third kappa shape index (κ3) is 6.33. The van der Waals surface area contributed by atoms with Gasteiger partial charge in [0.1, 0.15) is 5.75 Å². The van der Waals surface area contributed by atoms with Gasteiger partial charge in [-0.25, -0.2) is 4.99 Å². The van der Waals surface area contributed by atoms with Gasteiger partial charge in [0.15, 0.2) is 0 Å². The number of ether oxygens (including phenoxy) is 1. The largest absolute Gasteiger partial charge is 0.494 e. The Morgan fingerprint density at radius 2 is 1.61 bits per heavy atom. The van der Waals surface area contributed by atoms with Crippen LogP contribution in [0.25, 0.3) is 0 Å². The van der Waals surface area contributed by atoms with Crippen molar-refractivity contribution in [3.05, 3.63) is 60.2 Å². The molecule has 1 aliphatic heterocycles. The number of amides is 3. The summed E-state index contributed by atoms with van der Waals surface area (Å²) in [5, 5.41) is 5.19. The Morgan fingerprint density at radius 3 is 2.26 bits per heavy atom. The lowest BCUT2D eigenvalue weighted by molar-refractivity contribution is -0.120. The minimum atomic E-state index is -0.509. The number of anilines is 1. The molecule has 160 valence electrons. The molecular weight excluding hydrogens is 396 g/mol. The van der Waals surface area contributed by atoms with Crippen molar-refractivity contribution in [2.45, 2.75) is 26.7 Å². The van der Waals surface area contributed by atoms with E-state index in [1.807, 2.05) is 30.3 Å².